The second-order valence-corrected chi connectivity index (χ2v) is 3.47. The maximum Gasteiger partial charge on any atom is 0.140 e. The van der Waals surface area contributed by atoms with Crippen molar-refractivity contribution < 1.29 is 4.79 Å². The van der Waals surface area contributed by atoms with Crippen molar-refractivity contribution in [3.8, 4) is 0 Å². The van der Waals surface area contributed by atoms with Gasteiger partial charge >= 0.3 is 0 Å². The zero-order valence-electron chi connectivity index (χ0n) is 7.21. The van der Waals surface area contributed by atoms with Crippen LogP contribution >= 0.6 is 0 Å². The first-order valence-electron chi connectivity index (χ1n) is 4.36. The van der Waals surface area contributed by atoms with Crippen molar-refractivity contribution in [2.75, 3.05) is 0 Å². The second-order valence-electron chi connectivity index (χ2n) is 3.47. The Morgan fingerprint density at radius 1 is 1.42 bits per heavy atom. The zero-order valence-corrected chi connectivity index (χ0v) is 7.21. The molecule has 0 bridgehead atoms. The van der Waals surface area contributed by atoms with Crippen molar-refractivity contribution in [1.82, 2.24) is 0 Å². The van der Waals surface area contributed by atoms with Gasteiger partial charge in [-0.1, -0.05) is 29.8 Å². The van der Waals surface area contributed by atoms with Gasteiger partial charge in [-0.25, -0.2) is 0 Å². The number of ketones is 1. The highest BCUT2D eigenvalue weighted by Crippen LogP contribution is 2.32. The molecule has 0 radical (unpaired) electrons. The van der Waals surface area contributed by atoms with Crippen LogP contribution in [0.5, 0.6) is 0 Å². The first kappa shape index (κ1) is 7.53. The summed E-state index contributed by atoms with van der Waals surface area (Å²) in [5.74, 6) is 0.616. The normalized spacial score (nSPS) is 22.1. The molecule has 1 nitrogen and oxygen atoms in total. The predicted molar refractivity (Wildman–Crippen MR) is 48.2 cm³/mol. The average Bonchev–Trinajstić information content (AvgIpc) is 2.02. The van der Waals surface area contributed by atoms with E-state index < -0.39 is 0 Å². The summed E-state index contributed by atoms with van der Waals surface area (Å²) < 4.78 is 0. The van der Waals surface area contributed by atoms with Gasteiger partial charge in [-0.15, -0.1) is 0 Å². The molecule has 1 heteroatoms. The molecular weight excluding hydrogens is 148 g/mol. The van der Waals surface area contributed by atoms with Gasteiger partial charge in [0, 0.05) is 12.3 Å². The molecular formula is C11H12O. The Hall–Kier alpha value is -1.11. The van der Waals surface area contributed by atoms with Crippen LogP contribution in [0.25, 0.3) is 0 Å². The van der Waals surface area contributed by atoms with Crippen molar-refractivity contribution in [1.29, 1.82) is 0 Å². The van der Waals surface area contributed by atoms with Crippen LogP contribution in [0.1, 0.15) is 29.9 Å². The molecule has 0 spiro atoms. The fraction of sp³-hybridized carbons (Fsp3) is 0.364. The van der Waals surface area contributed by atoms with Crippen LogP contribution in [-0.2, 0) is 4.79 Å². The second kappa shape index (κ2) is 2.74. The Kier molecular flexibility index (Phi) is 1.72. The van der Waals surface area contributed by atoms with Gasteiger partial charge in [0.15, 0.2) is 0 Å². The molecule has 1 aliphatic carbocycles. The molecule has 2 rings (SSSR count). The van der Waals surface area contributed by atoms with E-state index >= 15 is 0 Å². The minimum absolute atomic E-state index is 0.213. The lowest BCUT2D eigenvalue weighted by Gasteiger charge is -2.24. The molecule has 0 N–H and O–H groups in total. The maximum atomic E-state index is 11.1. The predicted octanol–water partition coefficient (Wildman–Crippen LogP) is 2.44. The third-order valence-electron chi connectivity index (χ3n) is 2.51. The molecule has 1 fully saturated rings. The van der Waals surface area contributed by atoms with Crippen LogP contribution in [0.15, 0.2) is 24.3 Å². The highest BCUT2D eigenvalue weighted by atomic mass is 16.1. The third-order valence-corrected chi connectivity index (χ3v) is 2.51. The summed E-state index contributed by atoms with van der Waals surface area (Å²) in [6.07, 6.45) is 1.82. The van der Waals surface area contributed by atoms with E-state index in [2.05, 4.69) is 25.1 Å². The van der Waals surface area contributed by atoms with Gasteiger partial charge in [0.1, 0.15) is 5.78 Å². The highest BCUT2D eigenvalue weighted by Gasteiger charge is 2.29. The van der Waals surface area contributed by atoms with Crippen LogP contribution in [0, 0.1) is 6.92 Å². The summed E-state index contributed by atoms with van der Waals surface area (Å²) in [7, 11) is 0. The molecule has 0 aromatic heterocycles. The number of aryl methyl sites for hydroxylation is 1. The maximum absolute atomic E-state index is 11.1. The first-order chi connectivity index (χ1) is 5.77. The fourth-order valence-electron chi connectivity index (χ4n) is 1.65. The zero-order chi connectivity index (χ0) is 8.55. The topological polar surface area (TPSA) is 17.1 Å². The monoisotopic (exact) mass is 160 g/mol. The van der Waals surface area contributed by atoms with Crippen molar-refractivity contribution in [2.45, 2.75) is 25.7 Å². The number of carbonyl (C=O) groups excluding carboxylic acids is 1. The van der Waals surface area contributed by atoms with Gasteiger partial charge < -0.3 is 0 Å². The lowest BCUT2D eigenvalue weighted by molar-refractivity contribution is -0.125. The number of carbonyl (C=O) groups is 1. The van der Waals surface area contributed by atoms with E-state index in [4.69, 9.17) is 0 Å². The molecule has 0 aliphatic heterocycles. The van der Waals surface area contributed by atoms with Crippen LogP contribution in [0.3, 0.4) is 0 Å². The van der Waals surface area contributed by atoms with E-state index in [9.17, 15) is 4.79 Å². The minimum atomic E-state index is 0.213. The largest absolute Gasteiger partial charge is 0.299 e. The third kappa shape index (κ3) is 1.15. The van der Waals surface area contributed by atoms with E-state index in [-0.39, 0.29) is 5.92 Å². The number of hydrogen-bond acceptors (Lipinski definition) is 1. The minimum Gasteiger partial charge on any atom is -0.299 e. The first-order valence-corrected chi connectivity index (χ1v) is 4.36. The Morgan fingerprint density at radius 2 is 2.25 bits per heavy atom. The lowest BCUT2D eigenvalue weighted by Crippen LogP contribution is -2.23. The summed E-state index contributed by atoms with van der Waals surface area (Å²) in [4.78, 5) is 11.1. The summed E-state index contributed by atoms with van der Waals surface area (Å²) in [5, 5.41) is 0. The Labute approximate surface area is 72.4 Å². The van der Waals surface area contributed by atoms with Gasteiger partial charge in [-0.3, -0.25) is 4.79 Å². The standard InChI is InChI=1S/C11H12O/c1-8-3-2-4-9(7-8)10-5-6-11(10)12/h2-4,7,10H,5-6H2,1H3/t10-/m1/s1. The van der Waals surface area contributed by atoms with E-state index in [1.807, 2.05) is 6.07 Å². The molecule has 0 saturated heterocycles. The summed E-state index contributed by atoms with van der Waals surface area (Å²) >= 11 is 0. The van der Waals surface area contributed by atoms with Crippen molar-refractivity contribution in [2.24, 2.45) is 0 Å². The summed E-state index contributed by atoms with van der Waals surface area (Å²) in [6, 6.07) is 8.25. The average molecular weight is 160 g/mol. The van der Waals surface area contributed by atoms with Crippen molar-refractivity contribution >= 4 is 5.78 Å². The Balaban J connectivity index is 2.28. The molecule has 1 aromatic rings. The van der Waals surface area contributed by atoms with E-state index in [1.165, 1.54) is 11.1 Å². The quantitative estimate of drug-likeness (QED) is 0.616. The molecule has 12 heavy (non-hydrogen) atoms. The fourth-order valence-corrected chi connectivity index (χ4v) is 1.65. The molecule has 0 heterocycles. The number of Topliss-reactive ketones (excluding diaryl/α,β-unsaturated/α-hetero) is 1. The van der Waals surface area contributed by atoms with Gasteiger partial charge in [0.05, 0.1) is 0 Å². The molecule has 1 aromatic carbocycles. The van der Waals surface area contributed by atoms with Crippen LogP contribution in [0.2, 0.25) is 0 Å². The Bertz CT molecular complexity index is 315. The van der Waals surface area contributed by atoms with Gasteiger partial charge in [-0.05, 0) is 18.9 Å². The molecule has 1 aliphatic rings. The highest BCUT2D eigenvalue weighted by molar-refractivity contribution is 5.91. The molecule has 0 amide bonds. The number of benzene rings is 1. The molecule has 62 valence electrons. The van der Waals surface area contributed by atoms with Gasteiger partial charge in [0.25, 0.3) is 0 Å². The smallest absolute Gasteiger partial charge is 0.140 e. The van der Waals surface area contributed by atoms with E-state index in [0.717, 1.165) is 12.8 Å². The van der Waals surface area contributed by atoms with Crippen molar-refractivity contribution in [3.63, 3.8) is 0 Å². The van der Waals surface area contributed by atoms with Gasteiger partial charge in [0.2, 0.25) is 0 Å². The Morgan fingerprint density at radius 3 is 2.75 bits per heavy atom. The summed E-state index contributed by atoms with van der Waals surface area (Å²) in [6.45, 7) is 2.06. The lowest BCUT2D eigenvalue weighted by atomic mass is 9.78. The molecule has 0 unspecified atom stereocenters. The van der Waals surface area contributed by atoms with Crippen LogP contribution in [-0.4, -0.2) is 5.78 Å². The van der Waals surface area contributed by atoms with Crippen molar-refractivity contribution in [3.05, 3.63) is 35.4 Å². The number of rotatable bonds is 1. The van der Waals surface area contributed by atoms with Gasteiger partial charge in [-0.2, -0.15) is 0 Å². The molecule has 1 saturated carbocycles. The SMILES string of the molecule is Cc1cccc([C@H]2CCC2=O)c1. The van der Waals surface area contributed by atoms with Crippen LogP contribution < -0.4 is 0 Å². The number of hydrogen-bond donors (Lipinski definition) is 0. The van der Waals surface area contributed by atoms with E-state index in [1.54, 1.807) is 0 Å². The van der Waals surface area contributed by atoms with E-state index in [0.29, 0.717) is 5.78 Å². The summed E-state index contributed by atoms with van der Waals surface area (Å²) in [5.41, 5.74) is 2.44. The molecule has 1 atom stereocenters. The van der Waals surface area contributed by atoms with Crippen LogP contribution in [0.4, 0.5) is 0 Å².